The molecule has 0 amide bonds. The van der Waals surface area contributed by atoms with Crippen LogP contribution in [0.5, 0.6) is 5.75 Å². The molecule has 1 aliphatic carbocycles. The average Bonchev–Trinajstić information content (AvgIpc) is 3.15. The maximum absolute atomic E-state index is 10.7. The molecule has 1 aliphatic rings. The van der Waals surface area contributed by atoms with Crippen molar-refractivity contribution in [3.63, 3.8) is 0 Å². The number of nitrogens with zero attached hydrogens (tertiary/aromatic N) is 3. The van der Waals surface area contributed by atoms with Crippen LogP contribution in [-0.4, -0.2) is 15.1 Å². The van der Waals surface area contributed by atoms with Crippen molar-refractivity contribution in [2.45, 2.75) is 37.8 Å². The Bertz CT molecular complexity index is 679. The summed E-state index contributed by atoms with van der Waals surface area (Å²) in [4.78, 5) is 14.5. The largest absolute Gasteiger partial charge is 0.484 e. The van der Waals surface area contributed by atoms with Gasteiger partial charge in [0.05, 0.1) is 16.5 Å². The molecule has 1 fully saturated rings. The van der Waals surface area contributed by atoms with Crippen molar-refractivity contribution >= 4 is 5.69 Å². The molecule has 3 rings (SSSR count). The summed E-state index contributed by atoms with van der Waals surface area (Å²) in [5, 5.41) is 14.6. The van der Waals surface area contributed by atoms with Crippen molar-refractivity contribution in [3.8, 4) is 5.75 Å². The lowest BCUT2D eigenvalue weighted by Crippen LogP contribution is -2.34. The van der Waals surface area contributed by atoms with Gasteiger partial charge in [-0.05, 0) is 18.9 Å². The van der Waals surface area contributed by atoms with Gasteiger partial charge >= 0.3 is 0 Å². The number of nitro groups is 1. The minimum atomic E-state index is -0.507. The summed E-state index contributed by atoms with van der Waals surface area (Å²) in [5.74, 6) is 1.18. The van der Waals surface area contributed by atoms with Gasteiger partial charge in [0.25, 0.3) is 11.6 Å². The lowest BCUT2D eigenvalue weighted by Gasteiger charge is -2.17. The summed E-state index contributed by atoms with van der Waals surface area (Å²) >= 11 is 0. The van der Waals surface area contributed by atoms with Crippen LogP contribution in [0, 0.1) is 10.1 Å². The molecule has 0 aliphatic heterocycles. The molecule has 8 nitrogen and oxygen atoms in total. The topological polar surface area (TPSA) is 117 Å². The van der Waals surface area contributed by atoms with Crippen LogP contribution in [0.25, 0.3) is 0 Å². The van der Waals surface area contributed by atoms with Gasteiger partial charge in [-0.1, -0.05) is 24.1 Å². The molecule has 0 spiro atoms. The van der Waals surface area contributed by atoms with E-state index in [0.29, 0.717) is 17.5 Å². The summed E-state index contributed by atoms with van der Waals surface area (Å²) in [6.45, 7) is 0.0459. The van der Waals surface area contributed by atoms with Gasteiger partial charge in [-0.2, -0.15) is 4.98 Å². The Morgan fingerprint density at radius 2 is 2.18 bits per heavy atom. The number of nitrogens with two attached hydrogens (primary N) is 1. The molecule has 0 unspecified atom stereocenters. The molecule has 1 aromatic carbocycles. The van der Waals surface area contributed by atoms with Crippen molar-refractivity contribution < 1.29 is 14.2 Å². The molecule has 8 heteroatoms. The second kappa shape index (κ2) is 5.72. The molecule has 22 heavy (non-hydrogen) atoms. The Balaban J connectivity index is 1.66. The fourth-order valence-corrected chi connectivity index (χ4v) is 2.58. The molecule has 1 aromatic heterocycles. The van der Waals surface area contributed by atoms with Gasteiger partial charge in [0.2, 0.25) is 0 Å². The highest BCUT2D eigenvalue weighted by Gasteiger charge is 2.35. The first kappa shape index (κ1) is 14.5. The second-order valence-electron chi connectivity index (χ2n) is 5.42. The smallest absolute Gasteiger partial charge is 0.273 e. The van der Waals surface area contributed by atoms with Crippen LogP contribution in [-0.2, 0) is 12.1 Å². The zero-order valence-corrected chi connectivity index (χ0v) is 11.9. The number of hydrogen-bond acceptors (Lipinski definition) is 7. The number of benzene rings is 1. The number of rotatable bonds is 5. The van der Waals surface area contributed by atoms with Gasteiger partial charge < -0.3 is 15.0 Å². The van der Waals surface area contributed by atoms with E-state index in [1.165, 1.54) is 12.1 Å². The predicted octanol–water partition coefficient (Wildman–Crippen LogP) is 2.28. The normalized spacial score (nSPS) is 16.6. The van der Waals surface area contributed by atoms with Crippen LogP contribution in [0.4, 0.5) is 5.69 Å². The SMILES string of the molecule is NC1(c2noc(COc3cccc([N+](=O)[O-])c3)n2)CCCC1. The summed E-state index contributed by atoms with van der Waals surface area (Å²) < 4.78 is 10.6. The molecule has 0 saturated heterocycles. The number of ether oxygens (including phenoxy) is 1. The van der Waals surface area contributed by atoms with E-state index >= 15 is 0 Å². The lowest BCUT2D eigenvalue weighted by atomic mass is 9.99. The van der Waals surface area contributed by atoms with Crippen LogP contribution < -0.4 is 10.5 Å². The number of nitro benzene ring substituents is 1. The van der Waals surface area contributed by atoms with E-state index in [0.717, 1.165) is 25.7 Å². The van der Waals surface area contributed by atoms with Gasteiger partial charge in [-0.15, -0.1) is 0 Å². The molecular formula is C14H16N4O4. The molecular weight excluding hydrogens is 288 g/mol. The molecule has 1 heterocycles. The highest BCUT2D eigenvalue weighted by molar-refractivity contribution is 5.37. The van der Waals surface area contributed by atoms with Gasteiger partial charge in [0.15, 0.2) is 12.4 Å². The summed E-state index contributed by atoms with van der Waals surface area (Å²) in [6.07, 6.45) is 3.81. The fraction of sp³-hybridized carbons (Fsp3) is 0.429. The van der Waals surface area contributed by atoms with E-state index in [-0.39, 0.29) is 12.3 Å². The third-order valence-corrected chi connectivity index (χ3v) is 3.80. The minimum Gasteiger partial charge on any atom is -0.484 e. The first-order valence-electron chi connectivity index (χ1n) is 7.06. The highest BCUT2D eigenvalue weighted by atomic mass is 16.6. The second-order valence-corrected chi connectivity index (χ2v) is 5.42. The van der Waals surface area contributed by atoms with Crippen LogP contribution in [0.1, 0.15) is 37.4 Å². The number of non-ortho nitro benzene ring substituents is 1. The summed E-state index contributed by atoms with van der Waals surface area (Å²) in [7, 11) is 0. The van der Waals surface area contributed by atoms with E-state index in [4.69, 9.17) is 15.0 Å². The van der Waals surface area contributed by atoms with Crippen molar-refractivity contribution in [3.05, 3.63) is 46.1 Å². The molecule has 0 radical (unpaired) electrons. The maximum Gasteiger partial charge on any atom is 0.273 e. The van der Waals surface area contributed by atoms with Crippen LogP contribution in [0.3, 0.4) is 0 Å². The van der Waals surface area contributed by atoms with E-state index in [9.17, 15) is 10.1 Å². The molecule has 1 saturated carbocycles. The summed E-state index contributed by atoms with van der Waals surface area (Å²) in [6, 6.07) is 5.93. The van der Waals surface area contributed by atoms with Crippen LogP contribution >= 0.6 is 0 Å². The van der Waals surface area contributed by atoms with Gasteiger partial charge in [-0.25, -0.2) is 0 Å². The Kier molecular flexibility index (Phi) is 3.76. The zero-order chi connectivity index (χ0) is 15.6. The quantitative estimate of drug-likeness (QED) is 0.665. The fourth-order valence-electron chi connectivity index (χ4n) is 2.58. The standard InChI is InChI=1S/C14H16N4O4/c15-14(6-1-2-7-14)13-16-12(22-17-13)9-21-11-5-3-4-10(8-11)18(19)20/h3-5,8H,1-2,6-7,9,15H2. The molecule has 0 atom stereocenters. The van der Waals surface area contributed by atoms with E-state index in [2.05, 4.69) is 10.1 Å². The molecule has 0 bridgehead atoms. The van der Waals surface area contributed by atoms with Crippen LogP contribution in [0.15, 0.2) is 28.8 Å². The Morgan fingerprint density at radius 1 is 1.41 bits per heavy atom. The lowest BCUT2D eigenvalue weighted by molar-refractivity contribution is -0.384. The Labute approximate surface area is 126 Å². The first-order chi connectivity index (χ1) is 10.6. The third kappa shape index (κ3) is 2.91. The molecule has 116 valence electrons. The molecule has 2 aromatic rings. The van der Waals surface area contributed by atoms with Gasteiger partial charge in [0, 0.05) is 6.07 Å². The van der Waals surface area contributed by atoms with E-state index in [1.54, 1.807) is 12.1 Å². The van der Waals surface area contributed by atoms with Crippen molar-refractivity contribution in [1.29, 1.82) is 0 Å². The number of hydrogen-bond donors (Lipinski definition) is 1. The van der Waals surface area contributed by atoms with E-state index in [1.807, 2.05) is 0 Å². The van der Waals surface area contributed by atoms with Gasteiger partial charge in [0.1, 0.15) is 5.75 Å². The van der Waals surface area contributed by atoms with Crippen molar-refractivity contribution in [1.82, 2.24) is 10.1 Å². The number of aromatic nitrogens is 2. The Hall–Kier alpha value is -2.48. The highest BCUT2D eigenvalue weighted by Crippen LogP contribution is 2.34. The predicted molar refractivity (Wildman–Crippen MR) is 76.1 cm³/mol. The molecule has 2 N–H and O–H groups in total. The monoisotopic (exact) mass is 304 g/mol. The first-order valence-corrected chi connectivity index (χ1v) is 7.06. The average molecular weight is 304 g/mol. The Morgan fingerprint density at radius 3 is 2.91 bits per heavy atom. The van der Waals surface area contributed by atoms with E-state index < -0.39 is 10.5 Å². The summed E-state index contributed by atoms with van der Waals surface area (Å²) in [5.41, 5.74) is 5.71. The third-order valence-electron chi connectivity index (χ3n) is 3.80. The van der Waals surface area contributed by atoms with Crippen LogP contribution in [0.2, 0.25) is 0 Å². The minimum absolute atomic E-state index is 0.0319. The van der Waals surface area contributed by atoms with Crippen molar-refractivity contribution in [2.24, 2.45) is 5.73 Å². The zero-order valence-electron chi connectivity index (χ0n) is 11.9. The van der Waals surface area contributed by atoms with Gasteiger partial charge in [-0.3, -0.25) is 10.1 Å². The van der Waals surface area contributed by atoms with Crippen molar-refractivity contribution in [2.75, 3.05) is 0 Å². The maximum atomic E-state index is 10.7.